The van der Waals surface area contributed by atoms with Crippen LogP contribution in [0.1, 0.15) is 5.56 Å². The Balaban J connectivity index is 1.60. The fraction of sp³-hybridized carbons (Fsp3) is 0.0435. The SMILES string of the molecule is COc1c(/C=N\Nc2nc(Nc3ccccc3)nc(Nc3ccccc3)n2)cccc1[N+](=O)[O-]. The summed E-state index contributed by atoms with van der Waals surface area (Å²) in [5.74, 6) is 0.856. The maximum absolute atomic E-state index is 11.2. The first-order valence-corrected chi connectivity index (χ1v) is 10.1. The number of anilines is 5. The van der Waals surface area contributed by atoms with Crippen LogP contribution in [0.5, 0.6) is 5.75 Å². The van der Waals surface area contributed by atoms with Gasteiger partial charge >= 0.3 is 5.69 Å². The van der Waals surface area contributed by atoms with E-state index in [9.17, 15) is 10.1 Å². The molecule has 11 heteroatoms. The normalized spacial score (nSPS) is 10.6. The van der Waals surface area contributed by atoms with Crippen molar-refractivity contribution in [1.29, 1.82) is 0 Å². The lowest BCUT2D eigenvalue weighted by molar-refractivity contribution is -0.385. The number of rotatable bonds is 9. The molecule has 4 rings (SSSR count). The molecule has 0 fully saturated rings. The Bertz CT molecular complexity index is 1240. The highest BCUT2D eigenvalue weighted by atomic mass is 16.6. The molecule has 3 aromatic carbocycles. The van der Waals surface area contributed by atoms with Crippen LogP contribution >= 0.6 is 0 Å². The van der Waals surface area contributed by atoms with Gasteiger partial charge in [-0.2, -0.15) is 20.1 Å². The smallest absolute Gasteiger partial charge is 0.311 e. The molecule has 11 nitrogen and oxygen atoms in total. The Morgan fingerprint density at radius 2 is 1.38 bits per heavy atom. The number of nitro groups is 1. The molecule has 0 unspecified atom stereocenters. The fourth-order valence-electron chi connectivity index (χ4n) is 3.01. The summed E-state index contributed by atoms with van der Waals surface area (Å²) < 4.78 is 5.19. The largest absolute Gasteiger partial charge is 0.490 e. The molecule has 0 radical (unpaired) electrons. The van der Waals surface area contributed by atoms with Gasteiger partial charge in [-0.15, -0.1) is 0 Å². The third-order valence-corrected chi connectivity index (χ3v) is 4.49. The van der Waals surface area contributed by atoms with Gasteiger partial charge in [0, 0.05) is 23.0 Å². The quantitative estimate of drug-likeness (QED) is 0.185. The molecule has 3 N–H and O–H groups in total. The van der Waals surface area contributed by atoms with Crippen LogP contribution in [-0.2, 0) is 0 Å². The maximum Gasteiger partial charge on any atom is 0.311 e. The molecule has 1 aromatic heterocycles. The number of para-hydroxylation sites is 3. The van der Waals surface area contributed by atoms with E-state index >= 15 is 0 Å². The van der Waals surface area contributed by atoms with Crippen molar-refractivity contribution < 1.29 is 9.66 Å². The number of aromatic nitrogens is 3. The number of hydrogen-bond donors (Lipinski definition) is 3. The predicted octanol–water partition coefficient (Wildman–Crippen LogP) is 4.72. The Kier molecular flexibility index (Phi) is 6.84. The highest BCUT2D eigenvalue weighted by molar-refractivity contribution is 5.86. The minimum atomic E-state index is -0.515. The first-order valence-electron chi connectivity index (χ1n) is 10.1. The van der Waals surface area contributed by atoms with Crippen LogP contribution < -0.4 is 20.8 Å². The number of nitrogens with one attached hydrogen (secondary N) is 3. The van der Waals surface area contributed by atoms with E-state index in [-0.39, 0.29) is 17.4 Å². The van der Waals surface area contributed by atoms with Crippen molar-refractivity contribution in [1.82, 2.24) is 15.0 Å². The van der Waals surface area contributed by atoms with E-state index in [4.69, 9.17) is 4.74 Å². The molecule has 0 amide bonds. The number of methoxy groups -OCH3 is 1. The molecule has 0 aliphatic heterocycles. The van der Waals surface area contributed by atoms with E-state index in [0.717, 1.165) is 11.4 Å². The summed E-state index contributed by atoms with van der Waals surface area (Å²) in [7, 11) is 1.36. The van der Waals surface area contributed by atoms with Gasteiger partial charge in [0.15, 0.2) is 0 Å². The fourth-order valence-corrected chi connectivity index (χ4v) is 3.01. The van der Waals surface area contributed by atoms with E-state index in [1.807, 2.05) is 60.7 Å². The van der Waals surface area contributed by atoms with Gasteiger partial charge in [-0.3, -0.25) is 10.1 Å². The molecular weight excluding hydrogens is 436 g/mol. The second-order valence-electron chi connectivity index (χ2n) is 6.82. The lowest BCUT2D eigenvalue weighted by Gasteiger charge is -2.10. The average Bonchev–Trinajstić information content (AvgIpc) is 2.85. The molecular formula is C23H20N8O3. The molecule has 0 saturated carbocycles. The van der Waals surface area contributed by atoms with Crippen molar-refractivity contribution in [3.05, 3.63) is 94.5 Å². The first-order chi connectivity index (χ1) is 16.6. The Morgan fingerprint density at radius 1 is 0.824 bits per heavy atom. The summed E-state index contributed by atoms with van der Waals surface area (Å²) in [5.41, 5.74) is 4.61. The van der Waals surface area contributed by atoms with E-state index in [1.165, 1.54) is 19.4 Å². The van der Waals surface area contributed by atoms with Gasteiger partial charge in [0.1, 0.15) is 0 Å². The second kappa shape index (κ2) is 10.5. The number of hydrazone groups is 1. The zero-order valence-electron chi connectivity index (χ0n) is 18.0. The van der Waals surface area contributed by atoms with Gasteiger partial charge in [-0.05, 0) is 30.3 Å². The molecule has 0 aliphatic carbocycles. The van der Waals surface area contributed by atoms with Crippen LogP contribution in [0.25, 0.3) is 0 Å². The molecule has 0 spiro atoms. The molecule has 170 valence electrons. The lowest BCUT2D eigenvalue weighted by atomic mass is 10.2. The van der Waals surface area contributed by atoms with E-state index in [0.29, 0.717) is 17.5 Å². The highest BCUT2D eigenvalue weighted by Crippen LogP contribution is 2.29. The molecule has 0 atom stereocenters. The van der Waals surface area contributed by atoms with Crippen LogP contribution in [0, 0.1) is 10.1 Å². The summed E-state index contributed by atoms with van der Waals surface area (Å²) in [5, 5.41) is 21.6. The second-order valence-corrected chi connectivity index (χ2v) is 6.82. The Hall–Kier alpha value is -5.06. The summed E-state index contributed by atoms with van der Waals surface area (Å²) in [6.45, 7) is 0. The minimum Gasteiger partial charge on any atom is -0.490 e. The van der Waals surface area contributed by atoms with Crippen molar-refractivity contribution in [3.8, 4) is 5.75 Å². The topological polar surface area (TPSA) is 139 Å². The number of nitro benzene ring substituents is 1. The lowest BCUT2D eigenvalue weighted by Crippen LogP contribution is -2.07. The summed E-state index contributed by atoms with van der Waals surface area (Å²) in [6, 6.07) is 23.5. The van der Waals surface area contributed by atoms with Gasteiger partial charge in [-0.1, -0.05) is 42.5 Å². The highest BCUT2D eigenvalue weighted by Gasteiger charge is 2.17. The number of hydrogen-bond acceptors (Lipinski definition) is 10. The average molecular weight is 456 g/mol. The maximum atomic E-state index is 11.2. The van der Waals surface area contributed by atoms with Gasteiger partial charge in [0.05, 0.1) is 18.2 Å². The zero-order valence-corrected chi connectivity index (χ0v) is 18.0. The number of nitrogens with zero attached hydrogens (tertiary/aromatic N) is 5. The summed E-state index contributed by atoms with van der Waals surface area (Å²) in [6.07, 6.45) is 1.39. The van der Waals surface area contributed by atoms with E-state index in [1.54, 1.807) is 12.1 Å². The first kappa shape index (κ1) is 22.1. The summed E-state index contributed by atoms with van der Waals surface area (Å²) >= 11 is 0. The molecule has 1 heterocycles. The van der Waals surface area contributed by atoms with Crippen LogP contribution in [-0.4, -0.2) is 33.2 Å². The predicted molar refractivity (Wildman–Crippen MR) is 130 cm³/mol. The van der Waals surface area contributed by atoms with Crippen molar-refractivity contribution >= 4 is 41.1 Å². The van der Waals surface area contributed by atoms with Gasteiger partial charge in [0.25, 0.3) is 0 Å². The van der Waals surface area contributed by atoms with Gasteiger partial charge < -0.3 is 15.4 Å². The van der Waals surface area contributed by atoms with Gasteiger partial charge in [0.2, 0.25) is 23.6 Å². The zero-order chi connectivity index (χ0) is 23.8. The minimum absolute atomic E-state index is 0.103. The van der Waals surface area contributed by atoms with Crippen molar-refractivity contribution in [3.63, 3.8) is 0 Å². The van der Waals surface area contributed by atoms with E-state index < -0.39 is 4.92 Å². The van der Waals surface area contributed by atoms with Crippen molar-refractivity contribution in [2.45, 2.75) is 0 Å². The van der Waals surface area contributed by atoms with E-state index in [2.05, 4.69) is 36.1 Å². The Morgan fingerprint density at radius 3 is 1.91 bits per heavy atom. The third kappa shape index (κ3) is 5.59. The van der Waals surface area contributed by atoms with Crippen LogP contribution in [0.15, 0.2) is 84.0 Å². The van der Waals surface area contributed by atoms with Gasteiger partial charge in [-0.25, -0.2) is 5.43 Å². The van der Waals surface area contributed by atoms with Crippen LogP contribution in [0.3, 0.4) is 0 Å². The third-order valence-electron chi connectivity index (χ3n) is 4.49. The number of benzene rings is 3. The standard InChI is InChI=1S/C23H20N8O3/c1-34-20-16(9-8-14-19(20)31(32)33)15-24-30-23-28-21(25-17-10-4-2-5-11-17)27-22(29-23)26-18-12-6-3-7-13-18/h2-15H,1H3,(H3,25,26,27,28,29,30)/b24-15-. The molecule has 4 aromatic rings. The Labute approximate surface area is 194 Å². The van der Waals surface area contributed by atoms with Crippen LogP contribution in [0.2, 0.25) is 0 Å². The van der Waals surface area contributed by atoms with Crippen molar-refractivity contribution in [2.75, 3.05) is 23.2 Å². The molecule has 0 aliphatic rings. The molecule has 34 heavy (non-hydrogen) atoms. The molecule has 0 bridgehead atoms. The summed E-state index contributed by atoms with van der Waals surface area (Å²) in [4.78, 5) is 23.8. The molecule has 0 saturated heterocycles. The van der Waals surface area contributed by atoms with Crippen LogP contribution in [0.4, 0.5) is 34.9 Å². The monoisotopic (exact) mass is 456 g/mol. The van der Waals surface area contributed by atoms with Crippen molar-refractivity contribution in [2.24, 2.45) is 5.10 Å². The number of ether oxygens (including phenoxy) is 1.